The van der Waals surface area contributed by atoms with Gasteiger partial charge in [0.15, 0.2) is 5.96 Å². The topological polar surface area (TPSA) is 49.3 Å². The summed E-state index contributed by atoms with van der Waals surface area (Å²) in [4.78, 5) is 8.73. The molecular formula is C19H25ClN4. The summed E-state index contributed by atoms with van der Waals surface area (Å²) in [6.07, 6.45) is 4.80. The van der Waals surface area contributed by atoms with Crippen LogP contribution in [0.3, 0.4) is 0 Å². The van der Waals surface area contributed by atoms with Gasteiger partial charge in [0.25, 0.3) is 0 Å². The fraction of sp³-hybridized carbons (Fsp3) is 0.368. The molecule has 0 bridgehead atoms. The summed E-state index contributed by atoms with van der Waals surface area (Å²) in [7, 11) is 0. The molecule has 1 aromatic heterocycles. The molecule has 0 aliphatic rings. The van der Waals surface area contributed by atoms with Gasteiger partial charge in [0.05, 0.1) is 0 Å². The molecule has 0 aliphatic heterocycles. The summed E-state index contributed by atoms with van der Waals surface area (Å²) >= 11 is 5.80. The molecule has 2 N–H and O–H groups in total. The van der Waals surface area contributed by atoms with E-state index in [1.165, 1.54) is 5.56 Å². The number of aryl methyl sites for hydroxylation is 1. The summed E-state index contributed by atoms with van der Waals surface area (Å²) in [5.74, 6) is 0.868. The van der Waals surface area contributed by atoms with Crippen molar-refractivity contribution in [1.29, 1.82) is 0 Å². The van der Waals surface area contributed by atoms with Gasteiger partial charge in [-0.2, -0.15) is 0 Å². The number of benzene rings is 1. The Morgan fingerprint density at radius 1 is 1.04 bits per heavy atom. The largest absolute Gasteiger partial charge is 0.357 e. The van der Waals surface area contributed by atoms with Crippen molar-refractivity contribution in [2.45, 2.75) is 26.2 Å². The van der Waals surface area contributed by atoms with Crippen molar-refractivity contribution in [3.63, 3.8) is 0 Å². The fourth-order valence-electron chi connectivity index (χ4n) is 2.34. The Bertz CT molecular complexity index is 611. The molecule has 2 rings (SSSR count). The lowest BCUT2D eigenvalue weighted by Crippen LogP contribution is -2.38. The van der Waals surface area contributed by atoms with Gasteiger partial charge in [-0.05, 0) is 43.4 Å². The lowest BCUT2D eigenvalue weighted by molar-refractivity contribution is 0.776. The van der Waals surface area contributed by atoms with E-state index in [0.717, 1.165) is 50.4 Å². The number of pyridine rings is 1. The predicted molar refractivity (Wildman–Crippen MR) is 102 cm³/mol. The van der Waals surface area contributed by atoms with E-state index in [0.29, 0.717) is 5.15 Å². The van der Waals surface area contributed by atoms with Gasteiger partial charge in [0.2, 0.25) is 0 Å². The molecule has 24 heavy (non-hydrogen) atoms. The lowest BCUT2D eigenvalue weighted by atomic mass is 10.1. The zero-order chi connectivity index (χ0) is 17.0. The second-order valence-electron chi connectivity index (χ2n) is 5.52. The molecule has 0 saturated carbocycles. The molecule has 1 heterocycles. The van der Waals surface area contributed by atoms with Gasteiger partial charge in [-0.25, -0.2) is 4.98 Å². The van der Waals surface area contributed by atoms with E-state index < -0.39 is 0 Å². The number of nitrogens with one attached hydrogen (secondary N) is 2. The molecular weight excluding hydrogens is 320 g/mol. The number of hydrogen-bond donors (Lipinski definition) is 2. The molecule has 0 saturated heterocycles. The molecule has 4 nitrogen and oxygen atoms in total. The van der Waals surface area contributed by atoms with Gasteiger partial charge in [0, 0.05) is 25.8 Å². The third-order valence-electron chi connectivity index (χ3n) is 3.58. The second kappa shape index (κ2) is 10.7. The number of rotatable bonds is 8. The predicted octanol–water partition coefficient (Wildman–Crippen LogP) is 3.47. The molecule has 2 aromatic rings. The first kappa shape index (κ1) is 18.3. The van der Waals surface area contributed by atoms with Crippen molar-refractivity contribution in [3.8, 4) is 0 Å². The van der Waals surface area contributed by atoms with Crippen LogP contribution < -0.4 is 10.6 Å². The van der Waals surface area contributed by atoms with Crippen LogP contribution in [-0.2, 0) is 12.8 Å². The van der Waals surface area contributed by atoms with Gasteiger partial charge < -0.3 is 10.6 Å². The standard InChI is InChI=1S/C19H25ClN4/c1-2-21-19(22-13-6-9-16-7-4-3-5-8-16)23-14-12-17-10-11-18(20)24-15-17/h3-5,7-8,10-11,15H,2,6,9,12-14H2,1H3,(H2,21,22,23). The highest BCUT2D eigenvalue weighted by atomic mass is 35.5. The number of aliphatic imine (C=N–C) groups is 1. The molecule has 0 radical (unpaired) electrons. The number of halogens is 1. The molecule has 5 heteroatoms. The van der Waals surface area contributed by atoms with Crippen LogP contribution in [-0.4, -0.2) is 30.6 Å². The van der Waals surface area contributed by atoms with E-state index in [1.54, 1.807) is 0 Å². The number of nitrogens with zero attached hydrogens (tertiary/aromatic N) is 2. The smallest absolute Gasteiger partial charge is 0.191 e. The first-order valence-corrected chi connectivity index (χ1v) is 8.82. The average Bonchev–Trinajstić information content (AvgIpc) is 2.61. The Kier molecular flexibility index (Phi) is 8.11. The highest BCUT2D eigenvalue weighted by Crippen LogP contribution is 2.05. The number of guanidine groups is 1. The number of hydrogen-bond acceptors (Lipinski definition) is 2. The molecule has 0 fully saturated rings. The zero-order valence-electron chi connectivity index (χ0n) is 14.1. The summed E-state index contributed by atoms with van der Waals surface area (Å²) in [5, 5.41) is 7.17. The van der Waals surface area contributed by atoms with E-state index in [1.807, 2.05) is 24.4 Å². The first-order valence-electron chi connectivity index (χ1n) is 8.44. The maximum Gasteiger partial charge on any atom is 0.191 e. The highest BCUT2D eigenvalue weighted by Gasteiger charge is 1.99. The quantitative estimate of drug-likeness (QED) is 0.334. The summed E-state index contributed by atoms with van der Waals surface area (Å²) in [5.41, 5.74) is 2.52. The van der Waals surface area contributed by atoms with Crippen molar-refractivity contribution in [1.82, 2.24) is 15.6 Å². The van der Waals surface area contributed by atoms with Crippen LogP contribution in [0.15, 0.2) is 53.7 Å². The van der Waals surface area contributed by atoms with Crippen molar-refractivity contribution < 1.29 is 0 Å². The summed E-state index contributed by atoms with van der Waals surface area (Å²) in [6, 6.07) is 14.3. The van der Waals surface area contributed by atoms with Gasteiger partial charge >= 0.3 is 0 Å². The van der Waals surface area contributed by atoms with Crippen LogP contribution in [0.2, 0.25) is 5.15 Å². The molecule has 0 spiro atoms. The Morgan fingerprint density at radius 2 is 1.88 bits per heavy atom. The van der Waals surface area contributed by atoms with Gasteiger partial charge in [-0.15, -0.1) is 0 Å². The second-order valence-corrected chi connectivity index (χ2v) is 5.90. The van der Waals surface area contributed by atoms with Crippen LogP contribution in [0.4, 0.5) is 0 Å². The van der Waals surface area contributed by atoms with Crippen LogP contribution in [0.5, 0.6) is 0 Å². The monoisotopic (exact) mass is 344 g/mol. The first-order chi connectivity index (χ1) is 11.8. The van der Waals surface area contributed by atoms with Crippen LogP contribution in [0, 0.1) is 0 Å². The molecule has 1 aromatic carbocycles. The minimum atomic E-state index is 0.528. The molecule has 0 unspecified atom stereocenters. The maximum absolute atomic E-state index is 5.80. The maximum atomic E-state index is 5.80. The Hall–Kier alpha value is -2.07. The molecule has 0 aliphatic carbocycles. The van der Waals surface area contributed by atoms with Gasteiger partial charge in [0.1, 0.15) is 5.15 Å². The van der Waals surface area contributed by atoms with Crippen molar-refractivity contribution in [3.05, 3.63) is 64.9 Å². The van der Waals surface area contributed by atoms with Gasteiger partial charge in [-0.3, -0.25) is 4.99 Å². The third-order valence-corrected chi connectivity index (χ3v) is 3.80. The zero-order valence-corrected chi connectivity index (χ0v) is 14.9. The molecule has 0 amide bonds. The van der Waals surface area contributed by atoms with Gasteiger partial charge in [-0.1, -0.05) is 48.0 Å². The van der Waals surface area contributed by atoms with Crippen LogP contribution in [0.25, 0.3) is 0 Å². The minimum absolute atomic E-state index is 0.528. The van der Waals surface area contributed by atoms with E-state index in [2.05, 4.69) is 51.8 Å². The van der Waals surface area contributed by atoms with E-state index in [4.69, 9.17) is 11.6 Å². The fourth-order valence-corrected chi connectivity index (χ4v) is 2.45. The van der Waals surface area contributed by atoms with Crippen molar-refractivity contribution in [2.75, 3.05) is 19.6 Å². The Labute approximate surface area is 149 Å². The normalized spacial score (nSPS) is 11.3. The lowest BCUT2D eigenvalue weighted by Gasteiger charge is -2.11. The summed E-state index contributed by atoms with van der Waals surface area (Å²) in [6.45, 7) is 4.55. The average molecular weight is 345 g/mol. The SMILES string of the molecule is CCNC(=NCCCc1ccccc1)NCCc1ccc(Cl)nc1. The van der Waals surface area contributed by atoms with E-state index >= 15 is 0 Å². The van der Waals surface area contributed by atoms with Crippen molar-refractivity contribution in [2.24, 2.45) is 4.99 Å². The Morgan fingerprint density at radius 3 is 2.58 bits per heavy atom. The van der Waals surface area contributed by atoms with Crippen LogP contribution in [0.1, 0.15) is 24.5 Å². The van der Waals surface area contributed by atoms with E-state index in [-0.39, 0.29) is 0 Å². The molecule has 128 valence electrons. The molecule has 0 atom stereocenters. The summed E-state index contributed by atoms with van der Waals surface area (Å²) < 4.78 is 0. The Balaban J connectivity index is 1.72. The number of aromatic nitrogens is 1. The third kappa shape index (κ3) is 7.01. The van der Waals surface area contributed by atoms with Crippen molar-refractivity contribution >= 4 is 17.6 Å². The minimum Gasteiger partial charge on any atom is -0.357 e. The highest BCUT2D eigenvalue weighted by molar-refractivity contribution is 6.29. The van der Waals surface area contributed by atoms with Crippen LogP contribution >= 0.6 is 11.6 Å². The van der Waals surface area contributed by atoms with E-state index in [9.17, 15) is 0 Å².